The molecule has 4 heteroatoms. The van der Waals surface area contributed by atoms with Gasteiger partial charge in [0.05, 0.1) is 6.67 Å². The molecule has 80 valence electrons. The maximum Gasteiger partial charge on any atom is 0.248 e. The summed E-state index contributed by atoms with van der Waals surface area (Å²) in [4.78, 5) is 13.3. The van der Waals surface area contributed by atoms with Gasteiger partial charge in [0.25, 0.3) is 0 Å². The molecule has 3 N–H and O–H groups in total. The molecule has 0 saturated heterocycles. The van der Waals surface area contributed by atoms with Gasteiger partial charge in [0, 0.05) is 17.8 Å². The Labute approximate surface area is 89.1 Å². The van der Waals surface area contributed by atoms with E-state index in [9.17, 15) is 4.79 Å². The van der Waals surface area contributed by atoms with Gasteiger partial charge in [-0.25, -0.2) is 0 Å². The zero-order valence-corrected chi connectivity index (χ0v) is 8.79. The van der Waals surface area contributed by atoms with E-state index < -0.39 is 0 Å². The molecule has 1 heterocycles. The highest BCUT2D eigenvalue weighted by Gasteiger charge is 2.18. The molecule has 1 aromatic carbocycles. The highest BCUT2D eigenvalue weighted by molar-refractivity contribution is 5.93. The lowest BCUT2D eigenvalue weighted by atomic mass is 10.1. The van der Waals surface area contributed by atoms with Gasteiger partial charge in [0.15, 0.2) is 0 Å². The summed E-state index contributed by atoms with van der Waals surface area (Å²) in [7, 11) is 1.93. The van der Waals surface area contributed by atoms with Crippen molar-refractivity contribution >= 4 is 11.6 Å². The lowest BCUT2D eigenvalue weighted by molar-refractivity contribution is 0.100. The van der Waals surface area contributed by atoms with Gasteiger partial charge in [-0.15, -0.1) is 0 Å². The van der Waals surface area contributed by atoms with Crippen LogP contribution in [-0.2, 0) is 6.42 Å². The third-order valence-electron chi connectivity index (χ3n) is 2.70. The monoisotopic (exact) mass is 205 g/mol. The van der Waals surface area contributed by atoms with Crippen LogP contribution in [0, 0.1) is 0 Å². The van der Waals surface area contributed by atoms with E-state index in [1.54, 1.807) is 6.07 Å². The maximum absolute atomic E-state index is 11.0. The second-order valence-electron chi connectivity index (χ2n) is 3.73. The second kappa shape index (κ2) is 3.90. The largest absolute Gasteiger partial charge is 0.366 e. The van der Waals surface area contributed by atoms with E-state index in [4.69, 9.17) is 5.73 Å². The molecule has 0 aliphatic carbocycles. The molecule has 1 aliphatic rings. The van der Waals surface area contributed by atoms with Crippen molar-refractivity contribution in [2.24, 2.45) is 5.73 Å². The Kier molecular flexibility index (Phi) is 2.60. The molecule has 0 bridgehead atoms. The standard InChI is InChI=1S/C11H15N3O/c1-13-7-14-5-4-8-6-9(11(12)15)2-3-10(8)14/h2-3,6,13H,4-5,7H2,1H3,(H2,12,15). The Hall–Kier alpha value is -1.55. The summed E-state index contributed by atoms with van der Waals surface area (Å²) in [6.07, 6.45) is 0.984. The van der Waals surface area contributed by atoms with Crippen LogP contribution in [-0.4, -0.2) is 26.2 Å². The van der Waals surface area contributed by atoms with Crippen LogP contribution in [0.15, 0.2) is 18.2 Å². The summed E-state index contributed by atoms with van der Waals surface area (Å²) >= 11 is 0. The topological polar surface area (TPSA) is 58.4 Å². The molecule has 0 atom stereocenters. The molecule has 0 saturated carbocycles. The molecule has 0 radical (unpaired) electrons. The van der Waals surface area contributed by atoms with E-state index >= 15 is 0 Å². The van der Waals surface area contributed by atoms with Gasteiger partial charge in [-0.2, -0.15) is 0 Å². The van der Waals surface area contributed by atoms with E-state index in [1.807, 2.05) is 19.2 Å². The summed E-state index contributed by atoms with van der Waals surface area (Å²) in [5.41, 5.74) is 8.25. The summed E-state index contributed by atoms with van der Waals surface area (Å²) in [6.45, 7) is 1.83. The summed E-state index contributed by atoms with van der Waals surface area (Å²) < 4.78 is 0. The second-order valence-corrected chi connectivity index (χ2v) is 3.73. The normalized spacial score (nSPS) is 14.1. The SMILES string of the molecule is CNCN1CCc2cc(C(N)=O)ccc21. The molecule has 4 nitrogen and oxygen atoms in total. The number of carbonyl (C=O) groups is 1. The van der Waals surface area contributed by atoms with Gasteiger partial charge < -0.3 is 16.0 Å². The fourth-order valence-electron chi connectivity index (χ4n) is 1.98. The zero-order valence-electron chi connectivity index (χ0n) is 8.79. The third-order valence-corrected chi connectivity index (χ3v) is 2.70. The van der Waals surface area contributed by atoms with Crippen molar-refractivity contribution in [3.63, 3.8) is 0 Å². The van der Waals surface area contributed by atoms with E-state index in [-0.39, 0.29) is 5.91 Å². The average Bonchev–Trinajstić information content (AvgIpc) is 2.61. The maximum atomic E-state index is 11.0. The molecule has 0 fully saturated rings. The minimum Gasteiger partial charge on any atom is -0.366 e. The number of anilines is 1. The van der Waals surface area contributed by atoms with Gasteiger partial charge in [-0.3, -0.25) is 4.79 Å². The van der Waals surface area contributed by atoms with E-state index in [1.165, 1.54) is 11.3 Å². The fourth-order valence-corrected chi connectivity index (χ4v) is 1.98. The van der Waals surface area contributed by atoms with Crippen molar-refractivity contribution in [2.45, 2.75) is 6.42 Å². The summed E-state index contributed by atoms with van der Waals surface area (Å²) in [6, 6.07) is 5.66. The highest BCUT2D eigenvalue weighted by Crippen LogP contribution is 2.27. The quantitative estimate of drug-likeness (QED) is 0.747. The number of fused-ring (bicyclic) bond motifs is 1. The number of hydrogen-bond acceptors (Lipinski definition) is 3. The lowest BCUT2D eigenvalue weighted by Gasteiger charge is -2.18. The first-order valence-electron chi connectivity index (χ1n) is 5.04. The minimum absolute atomic E-state index is 0.357. The molecular weight excluding hydrogens is 190 g/mol. The predicted molar refractivity (Wildman–Crippen MR) is 59.9 cm³/mol. The first kappa shape index (κ1) is 9.98. The molecule has 0 unspecified atom stereocenters. The van der Waals surface area contributed by atoms with Crippen LogP contribution in [0.25, 0.3) is 0 Å². The van der Waals surface area contributed by atoms with Crippen molar-refractivity contribution in [3.8, 4) is 0 Å². The predicted octanol–water partition coefficient (Wildman–Crippen LogP) is 0.325. The summed E-state index contributed by atoms with van der Waals surface area (Å²) in [5.74, 6) is -0.357. The lowest BCUT2D eigenvalue weighted by Crippen LogP contribution is -2.30. The van der Waals surface area contributed by atoms with Crippen molar-refractivity contribution in [1.82, 2.24) is 5.32 Å². The van der Waals surface area contributed by atoms with Gasteiger partial charge in [-0.05, 0) is 37.2 Å². The number of hydrogen-bond donors (Lipinski definition) is 2. The number of primary amides is 1. The molecule has 0 aromatic heterocycles. The van der Waals surface area contributed by atoms with Crippen molar-refractivity contribution in [3.05, 3.63) is 29.3 Å². The first-order chi connectivity index (χ1) is 7.22. The van der Waals surface area contributed by atoms with Gasteiger partial charge in [-0.1, -0.05) is 0 Å². The molecule has 2 rings (SSSR count). The Morgan fingerprint density at radius 1 is 1.60 bits per heavy atom. The molecular formula is C11H15N3O. The van der Waals surface area contributed by atoms with E-state index in [2.05, 4.69) is 10.2 Å². The number of nitrogens with one attached hydrogen (secondary N) is 1. The molecule has 15 heavy (non-hydrogen) atoms. The van der Waals surface area contributed by atoms with Crippen LogP contribution < -0.4 is 16.0 Å². The van der Waals surface area contributed by atoms with Crippen molar-refractivity contribution in [2.75, 3.05) is 25.2 Å². The number of carbonyl (C=O) groups excluding carboxylic acids is 1. The first-order valence-corrected chi connectivity index (χ1v) is 5.04. The van der Waals surface area contributed by atoms with Crippen LogP contribution >= 0.6 is 0 Å². The number of nitrogens with zero attached hydrogens (tertiary/aromatic N) is 1. The Balaban J connectivity index is 2.29. The summed E-state index contributed by atoms with van der Waals surface area (Å²) in [5, 5.41) is 3.12. The van der Waals surface area contributed by atoms with Crippen LogP contribution in [0.2, 0.25) is 0 Å². The Morgan fingerprint density at radius 2 is 2.40 bits per heavy atom. The zero-order chi connectivity index (χ0) is 10.8. The minimum atomic E-state index is -0.357. The third kappa shape index (κ3) is 1.80. The van der Waals surface area contributed by atoms with Crippen molar-refractivity contribution in [1.29, 1.82) is 0 Å². The fraction of sp³-hybridized carbons (Fsp3) is 0.364. The van der Waals surface area contributed by atoms with Crippen LogP contribution in [0.3, 0.4) is 0 Å². The number of nitrogens with two attached hydrogens (primary N) is 1. The van der Waals surface area contributed by atoms with Crippen LogP contribution in [0.4, 0.5) is 5.69 Å². The Morgan fingerprint density at radius 3 is 3.07 bits per heavy atom. The Bertz CT molecular complexity index is 389. The van der Waals surface area contributed by atoms with E-state index in [0.29, 0.717) is 5.56 Å². The van der Waals surface area contributed by atoms with Gasteiger partial charge in [0.1, 0.15) is 0 Å². The van der Waals surface area contributed by atoms with Gasteiger partial charge in [0.2, 0.25) is 5.91 Å². The van der Waals surface area contributed by atoms with Crippen LogP contribution in [0.1, 0.15) is 15.9 Å². The average molecular weight is 205 g/mol. The smallest absolute Gasteiger partial charge is 0.248 e. The number of benzene rings is 1. The van der Waals surface area contributed by atoms with Gasteiger partial charge >= 0.3 is 0 Å². The van der Waals surface area contributed by atoms with Crippen LogP contribution in [0.5, 0.6) is 0 Å². The number of amides is 1. The number of rotatable bonds is 3. The molecule has 1 amide bonds. The van der Waals surface area contributed by atoms with E-state index in [0.717, 1.165) is 19.6 Å². The van der Waals surface area contributed by atoms with Crippen molar-refractivity contribution < 1.29 is 4.79 Å². The molecule has 1 aliphatic heterocycles. The molecule has 1 aromatic rings. The molecule has 0 spiro atoms. The highest BCUT2D eigenvalue weighted by atomic mass is 16.1.